The summed E-state index contributed by atoms with van der Waals surface area (Å²) in [5.41, 5.74) is 0.661. The monoisotopic (exact) mass is 443 g/mol. The van der Waals surface area contributed by atoms with Crippen LogP contribution in [0.2, 0.25) is 0 Å². The summed E-state index contributed by atoms with van der Waals surface area (Å²) in [5.74, 6) is 0.312. The van der Waals surface area contributed by atoms with Gasteiger partial charge in [-0.15, -0.1) is 0 Å². The molecule has 3 rings (SSSR count). The van der Waals surface area contributed by atoms with Crippen molar-refractivity contribution in [3.63, 3.8) is 0 Å². The van der Waals surface area contributed by atoms with Crippen molar-refractivity contribution in [2.75, 3.05) is 13.2 Å². The Morgan fingerprint density at radius 2 is 1.84 bits per heavy atom. The number of hydrogen-bond acceptors (Lipinski definition) is 4. The summed E-state index contributed by atoms with van der Waals surface area (Å²) in [6.07, 6.45) is 3.46. The van der Waals surface area contributed by atoms with Crippen molar-refractivity contribution in [1.29, 1.82) is 0 Å². The SMILES string of the molecule is O=C(CCCCCn1c(=S)[nH]c2ccccc2c1=O)NCCCOc1ccc(F)cc1. The lowest BCUT2D eigenvalue weighted by molar-refractivity contribution is -0.121. The second kappa shape index (κ2) is 11.4. The molecule has 1 amide bonds. The molecule has 1 heterocycles. The molecular weight excluding hydrogens is 417 g/mol. The van der Waals surface area contributed by atoms with Crippen LogP contribution >= 0.6 is 12.2 Å². The van der Waals surface area contributed by atoms with Crippen molar-refractivity contribution < 1.29 is 13.9 Å². The van der Waals surface area contributed by atoms with Crippen LogP contribution in [0.3, 0.4) is 0 Å². The highest BCUT2D eigenvalue weighted by Gasteiger charge is 2.06. The molecule has 3 aromatic rings. The van der Waals surface area contributed by atoms with Crippen LogP contribution in [0.15, 0.2) is 53.3 Å². The van der Waals surface area contributed by atoms with Crippen molar-refractivity contribution >= 4 is 29.0 Å². The van der Waals surface area contributed by atoms with Gasteiger partial charge in [-0.1, -0.05) is 18.6 Å². The summed E-state index contributed by atoms with van der Waals surface area (Å²) in [6, 6.07) is 13.2. The van der Waals surface area contributed by atoms with Gasteiger partial charge in [0.15, 0.2) is 4.77 Å². The number of unbranched alkanes of at least 4 members (excludes halogenated alkanes) is 2. The molecule has 0 aliphatic carbocycles. The van der Waals surface area contributed by atoms with Gasteiger partial charge in [0.05, 0.1) is 17.5 Å². The number of H-pyrrole nitrogens is 1. The summed E-state index contributed by atoms with van der Waals surface area (Å²) in [6.45, 7) is 1.51. The van der Waals surface area contributed by atoms with Gasteiger partial charge in [0.1, 0.15) is 11.6 Å². The Labute approximate surface area is 185 Å². The number of carbonyl (C=O) groups is 1. The van der Waals surface area contributed by atoms with Gasteiger partial charge in [0.25, 0.3) is 5.56 Å². The quantitative estimate of drug-likeness (QED) is 0.341. The summed E-state index contributed by atoms with van der Waals surface area (Å²) in [7, 11) is 0. The Bertz CT molecular complexity index is 1130. The number of halogens is 1. The van der Waals surface area contributed by atoms with Gasteiger partial charge >= 0.3 is 0 Å². The number of nitrogens with zero attached hydrogens (tertiary/aromatic N) is 1. The van der Waals surface area contributed by atoms with Gasteiger partial charge < -0.3 is 15.0 Å². The van der Waals surface area contributed by atoms with Crippen LogP contribution in [-0.2, 0) is 11.3 Å². The van der Waals surface area contributed by atoms with Crippen LogP contribution in [0, 0.1) is 10.6 Å². The third-order valence-corrected chi connectivity index (χ3v) is 5.22. The Morgan fingerprint density at radius 1 is 1.06 bits per heavy atom. The number of amides is 1. The molecule has 0 saturated heterocycles. The van der Waals surface area contributed by atoms with Gasteiger partial charge in [-0.2, -0.15) is 0 Å². The third-order valence-electron chi connectivity index (χ3n) is 4.90. The topological polar surface area (TPSA) is 76.1 Å². The van der Waals surface area contributed by atoms with Crippen molar-refractivity contribution in [2.45, 2.75) is 38.6 Å². The van der Waals surface area contributed by atoms with Gasteiger partial charge in [-0.05, 0) is 67.9 Å². The van der Waals surface area contributed by atoms with E-state index < -0.39 is 0 Å². The second-order valence-corrected chi connectivity index (χ2v) is 7.64. The van der Waals surface area contributed by atoms with Crippen molar-refractivity contribution in [1.82, 2.24) is 14.9 Å². The molecule has 0 aliphatic heterocycles. The van der Waals surface area contributed by atoms with E-state index in [4.69, 9.17) is 17.0 Å². The van der Waals surface area contributed by atoms with Crippen LogP contribution in [0.5, 0.6) is 5.75 Å². The van der Waals surface area contributed by atoms with Crippen molar-refractivity contribution in [3.05, 3.63) is 69.5 Å². The zero-order chi connectivity index (χ0) is 22.1. The molecule has 0 unspecified atom stereocenters. The molecular formula is C23H26FN3O3S. The molecule has 164 valence electrons. The van der Waals surface area contributed by atoms with Gasteiger partial charge in [0, 0.05) is 19.5 Å². The third kappa shape index (κ3) is 6.75. The standard InChI is InChI=1S/C23H26FN3O3S/c24-17-10-12-18(13-11-17)30-16-6-14-25-21(28)9-2-1-5-15-27-22(29)19-7-3-4-8-20(19)26-23(27)31/h3-4,7-8,10-13H,1-2,5-6,9,14-16H2,(H,25,28)(H,26,31). The van der Waals surface area contributed by atoms with Crippen molar-refractivity contribution in [3.8, 4) is 5.75 Å². The van der Waals surface area contributed by atoms with E-state index >= 15 is 0 Å². The number of hydrogen-bond donors (Lipinski definition) is 2. The molecule has 2 N–H and O–H groups in total. The second-order valence-electron chi connectivity index (χ2n) is 7.25. The first kappa shape index (κ1) is 22.7. The van der Waals surface area contributed by atoms with Gasteiger partial charge in [-0.25, -0.2) is 4.39 Å². The fraction of sp³-hybridized carbons (Fsp3) is 0.348. The van der Waals surface area contributed by atoms with E-state index in [1.807, 2.05) is 18.2 Å². The minimum atomic E-state index is -0.299. The molecule has 6 nitrogen and oxygen atoms in total. The average Bonchev–Trinajstić information content (AvgIpc) is 2.76. The van der Waals surface area contributed by atoms with Crippen LogP contribution in [0.1, 0.15) is 32.1 Å². The highest BCUT2D eigenvalue weighted by molar-refractivity contribution is 7.71. The van der Waals surface area contributed by atoms with E-state index in [0.29, 0.717) is 48.4 Å². The molecule has 0 spiro atoms. The molecule has 0 saturated carbocycles. The highest BCUT2D eigenvalue weighted by atomic mass is 32.1. The number of rotatable bonds is 11. The number of aromatic amines is 1. The van der Waals surface area contributed by atoms with Crippen LogP contribution in [0.25, 0.3) is 10.9 Å². The fourth-order valence-corrected chi connectivity index (χ4v) is 3.53. The number of fused-ring (bicyclic) bond motifs is 1. The molecule has 2 aromatic carbocycles. The fourth-order valence-electron chi connectivity index (χ4n) is 3.24. The summed E-state index contributed by atoms with van der Waals surface area (Å²) >= 11 is 5.31. The summed E-state index contributed by atoms with van der Waals surface area (Å²) in [5, 5.41) is 3.49. The van der Waals surface area contributed by atoms with E-state index in [1.165, 1.54) is 12.1 Å². The highest BCUT2D eigenvalue weighted by Crippen LogP contribution is 2.11. The number of aromatic nitrogens is 2. The summed E-state index contributed by atoms with van der Waals surface area (Å²) < 4.78 is 20.3. The maximum Gasteiger partial charge on any atom is 0.262 e. The number of carbonyl (C=O) groups excluding carboxylic acids is 1. The Hall–Kier alpha value is -3.00. The number of ether oxygens (including phenoxy) is 1. The van der Waals surface area contributed by atoms with E-state index in [1.54, 1.807) is 22.8 Å². The molecule has 0 fully saturated rings. The smallest absolute Gasteiger partial charge is 0.262 e. The average molecular weight is 444 g/mol. The van der Waals surface area contributed by atoms with Gasteiger partial charge in [0.2, 0.25) is 5.91 Å². The molecule has 8 heteroatoms. The molecule has 0 bridgehead atoms. The first-order chi connectivity index (χ1) is 15.0. The Morgan fingerprint density at radius 3 is 2.65 bits per heavy atom. The lowest BCUT2D eigenvalue weighted by Gasteiger charge is -2.09. The van der Waals surface area contributed by atoms with Crippen molar-refractivity contribution in [2.24, 2.45) is 0 Å². The van der Waals surface area contributed by atoms with E-state index in [9.17, 15) is 14.0 Å². The minimum absolute atomic E-state index is 0.00180. The van der Waals surface area contributed by atoms with E-state index in [-0.39, 0.29) is 17.3 Å². The lowest BCUT2D eigenvalue weighted by Crippen LogP contribution is -2.25. The number of benzene rings is 2. The maximum atomic E-state index is 12.8. The molecule has 1 aromatic heterocycles. The summed E-state index contributed by atoms with van der Waals surface area (Å²) in [4.78, 5) is 27.6. The van der Waals surface area contributed by atoms with Crippen LogP contribution in [-0.4, -0.2) is 28.6 Å². The Balaban J connectivity index is 1.30. The van der Waals surface area contributed by atoms with E-state index in [0.717, 1.165) is 24.8 Å². The normalized spacial score (nSPS) is 10.9. The zero-order valence-corrected chi connectivity index (χ0v) is 18.1. The predicted octanol–water partition coefficient (Wildman–Crippen LogP) is 4.34. The molecule has 0 radical (unpaired) electrons. The maximum absolute atomic E-state index is 12.8. The predicted molar refractivity (Wildman–Crippen MR) is 121 cm³/mol. The van der Waals surface area contributed by atoms with Crippen LogP contribution < -0.4 is 15.6 Å². The first-order valence-electron chi connectivity index (χ1n) is 10.4. The minimum Gasteiger partial charge on any atom is -0.494 e. The zero-order valence-electron chi connectivity index (χ0n) is 17.2. The Kier molecular flexibility index (Phi) is 8.35. The first-order valence-corrected chi connectivity index (χ1v) is 10.8. The van der Waals surface area contributed by atoms with Gasteiger partial charge in [-0.3, -0.25) is 14.2 Å². The van der Waals surface area contributed by atoms with Crippen LogP contribution in [0.4, 0.5) is 4.39 Å². The molecule has 0 aliphatic rings. The van der Waals surface area contributed by atoms with E-state index in [2.05, 4.69) is 10.3 Å². The molecule has 0 atom stereocenters. The number of para-hydroxylation sites is 1. The number of nitrogens with one attached hydrogen (secondary N) is 2. The largest absolute Gasteiger partial charge is 0.494 e. The lowest BCUT2D eigenvalue weighted by atomic mass is 10.2. The molecule has 31 heavy (non-hydrogen) atoms.